The molecule has 0 fully saturated rings. The number of rotatable bonds is 10. The Bertz CT molecular complexity index is 153. The van der Waals surface area contributed by atoms with Gasteiger partial charge >= 0.3 is 0 Å². The van der Waals surface area contributed by atoms with Gasteiger partial charge in [0.25, 0.3) is 0 Å². The van der Waals surface area contributed by atoms with Crippen LogP contribution in [0, 0.1) is 6.08 Å². The number of unbranched alkanes of at least 4 members (excludes halogenated alkanes) is 7. The van der Waals surface area contributed by atoms with E-state index >= 15 is 0 Å². The van der Waals surface area contributed by atoms with Gasteiger partial charge in [0.05, 0.1) is 0 Å². The second-order valence-corrected chi connectivity index (χ2v) is 4.06. The fourth-order valence-electron chi connectivity index (χ4n) is 1.57. The van der Waals surface area contributed by atoms with Gasteiger partial charge in [-0.2, -0.15) is 0 Å². The molecule has 0 rings (SSSR count). The molecule has 0 amide bonds. The van der Waals surface area contributed by atoms with Crippen LogP contribution in [-0.2, 0) is 0 Å². The van der Waals surface area contributed by atoms with Gasteiger partial charge in [-0.15, -0.1) is 0 Å². The van der Waals surface area contributed by atoms with Crippen molar-refractivity contribution in [2.75, 3.05) is 0 Å². The summed E-state index contributed by atoms with van der Waals surface area (Å²) in [6.45, 7) is 4.38. The largest absolute Gasteiger partial charge is 0.0845 e. The second kappa shape index (κ2) is 13.5. The minimum absolute atomic E-state index is 1.02. The normalized spacial score (nSPS) is 11.9. The molecule has 0 heteroatoms. The summed E-state index contributed by atoms with van der Waals surface area (Å²) in [6.07, 6.45) is 21.6. The van der Waals surface area contributed by atoms with Crippen LogP contribution in [0.25, 0.3) is 0 Å². The van der Waals surface area contributed by atoms with Gasteiger partial charge in [-0.3, -0.25) is 0 Å². The molecule has 1 radical (unpaired) electrons. The fraction of sp³-hybridized carbons (Fsp3) is 0.733. The van der Waals surface area contributed by atoms with Crippen molar-refractivity contribution in [3.63, 3.8) is 0 Å². The summed E-state index contributed by atoms with van der Waals surface area (Å²) in [4.78, 5) is 0. The lowest BCUT2D eigenvalue weighted by molar-refractivity contribution is 0.592. The number of allylic oxidation sites excluding steroid dienone is 4. The van der Waals surface area contributed by atoms with Crippen LogP contribution < -0.4 is 0 Å². The van der Waals surface area contributed by atoms with E-state index in [0.717, 1.165) is 6.42 Å². The zero-order valence-electron chi connectivity index (χ0n) is 10.6. The van der Waals surface area contributed by atoms with Crippen molar-refractivity contribution in [2.45, 2.75) is 71.6 Å². The van der Waals surface area contributed by atoms with Crippen LogP contribution in [0.2, 0.25) is 0 Å². The molecular weight excluding hydrogens is 180 g/mol. The molecule has 0 aliphatic carbocycles. The monoisotopic (exact) mass is 207 g/mol. The van der Waals surface area contributed by atoms with Crippen LogP contribution in [-0.4, -0.2) is 0 Å². The molecule has 0 atom stereocenters. The number of hydrogen-bond donors (Lipinski definition) is 0. The molecule has 0 bridgehead atoms. The predicted octanol–water partition coefficient (Wildman–Crippen LogP) is 5.45. The van der Waals surface area contributed by atoms with Crippen LogP contribution in [0.5, 0.6) is 0 Å². The highest BCUT2D eigenvalue weighted by Gasteiger charge is 1.88. The molecule has 87 valence electrons. The van der Waals surface area contributed by atoms with E-state index in [-0.39, 0.29) is 0 Å². The highest BCUT2D eigenvalue weighted by molar-refractivity contribution is 4.98. The highest BCUT2D eigenvalue weighted by atomic mass is 13.9. The molecule has 0 aromatic heterocycles. The third-order valence-corrected chi connectivity index (χ3v) is 2.53. The van der Waals surface area contributed by atoms with Gasteiger partial charge in [-0.05, 0) is 25.3 Å². The van der Waals surface area contributed by atoms with Gasteiger partial charge in [0.1, 0.15) is 0 Å². The van der Waals surface area contributed by atoms with E-state index in [2.05, 4.69) is 32.1 Å². The predicted molar refractivity (Wildman–Crippen MR) is 69.9 cm³/mol. The topological polar surface area (TPSA) is 0 Å². The Balaban J connectivity index is 3.04. The van der Waals surface area contributed by atoms with E-state index in [0.29, 0.717) is 0 Å². The first-order valence-corrected chi connectivity index (χ1v) is 6.63. The third kappa shape index (κ3) is 13.5. The van der Waals surface area contributed by atoms with Crippen LogP contribution in [0.4, 0.5) is 0 Å². The van der Waals surface area contributed by atoms with Crippen molar-refractivity contribution in [2.24, 2.45) is 0 Å². The van der Waals surface area contributed by atoms with Gasteiger partial charge < -0.3 is 0 Å². The molecule has 15 heavy (non-hydrogen) atoms. The SMILES string of the molecule is CC/[C]=C\C=C\CCCCCCCCC. The van der Waals surface area contributed by atoms with Gasteiger partial charge in [0.2, 0.25) is 0 Å². The van der Waals surface area contributed by atoms with Crippen molar-refractivity contribution < 1.29 is 0 Å². The molecule has 0 aliphatic rings. The van der Waals surface area contributed by atoms with Gasteiger partial charge in [-0.1, -0.05) is 70.6 Å². The second-order valence-electron chi connectivity index (χ2n) is 4.06. The zero-order valence-corrected chi connectivity index (χ0v) is 10.6. The summed E-state index contributed by atoms with van der Waals surface area (Å²) in [5.74, 6) is 0. The quantitative estimate of drug-likeness (QED) is 0.330. The maximum atomic E-state index is 3.16. The molecular formula is C15H27. The van der Waals surface area contributed by atoms with E-state index in [1.54, 1.807) is 0 Å². The molecule has 0 N–H and O–H groups in total. The Morgan fingerprint density at radius 2 is 1.53 bits per heavy atom. The molecule has 0 saturated carbocycles. The first kappa shape index (κ1) is 14.5. The first-order valence-electron chi connectivity index (χ1n) is 6.63. The van der Waals surface area contributed by atoms with Crippen molar-refractivity contribution in [1.82, 2.24) is 0 Å². The Labute approximate surface area is 96.5 Å². The molecule has 0 heterocycles. The zero-order chi connectivity index (χ0) is 11.2. The van der Waals surface area contributed by atoms with E-state index in [9.17, 15) is 0 Å². The van der Waals surface area contributed by atoms with Crippen molar-refractivity contribution in [3.05, 3.63) is 24.3 Å². The maximum absolute atomic E-state index is 3.16. The van der Waals surface area contributed by atoms with E-state index < -0.39 is 0 Å². The van der Waals surface area contributed by atoms with Crippen LogP contribution in [0.3, 0.4) is 0 Å². The molecule has 0 spiro atoms. The summed E-state index contributed by atoms with van der Waals surface area (Å²) >= 11 is 0. The molecule has 0 unspecified atom stereocenters. The Morgan fingerprint density at radius 1 is 0.867 bits per heavy atom. The third-order valence-electron chi connectivity index (χ3n) is 2.53. The van der Waals surface area contributed by atoms with E-state index in [4.69, 9.17) is 0 Å². The Hall–Kier alpha value is -0.520. The fourth-order valence-corrected chi connectivity index (χ4v) is 1.57. The summed E-state index contributed by atoms with van der Waals surface area (Å²) in [5.41, 5.74) is 0. The van der Waals surface area contributed by atoms with Gasteiger partial charge in [0, 0.05) is 0 Å². The van der Waals surface area contributed by atoms with E-state index in [1.807, 2.05) is 6.08 Å². The molecule has 0 nitrogen and oxygen atoms in total. The van der Waals surface area contributed by atoms with Crippen molar-refractivity contribution in [3.8, 4) is 0 Å². The molecule has 0 saturated heterocycles. The van der Waals surface area contributed by atoms with E-state index in [1.165, 1.54) is 51.4 Å². The maximum Gasteiger partial charge on any atom is -0.0305 e. The Kier molecular flexibility index (Phi) is 13.0. The minimum Gasteiger partial charge on any atom is -0.0845 e. The average Bonchev–Trinajstić information content (AvgIpc) is 2.26. The lowest BCUT2D eigenvalue weighted by Crippen LogP contribution is -1.78. The van der Waals surface area contributed by atoms with Crippen molar-refractivity contribution in [1.29, 1.82) is 0 Å². The lowest BCUT2D eigenvalue weighted by atomic mass is 10.1. The summed E-state index contributed by atoms with van der Waals surface area (Å²) < 4.78 is 0. The standard InChI is InChI=1S/C15H27/c1-3-5-7-9-11-13-15-14-12-10-8-6-4-2/h8,10,12H,3-5,7,9,11,13-15H2,1-2H3/b8-6?,12-10+. The van der Waals surface area contributed by atoms with Crippen molar-refractivity contribution >= 4 is 0 Å². The smallest absolute Gasteiger partial charge is 0.0305 e. The molecule has 0 aliphatic heterocycles. The van der Waals surface area contributed by atoms with Crippen LogP contribution in [0.1, 0.15) is 71.6 Å². The lowest BCUT2D eigenvalue weighted by Gasteiger charge is -1.98. The van der Waals surface area contributed by atoms with Crippen LogP contribution in [0.15, 0.2) is 18.2 Å². The summed E-state index contributed by atoms with van der Waals surface area (Å²) in [7, 11) is 0. The average molecular weight is 207 g/mol. The van der Waals surface area contributed by atoms with Crippen LogP contribution >= 0.6 is 0 Å². The summed E-state index contributed by atoms with van der Waals surface area (Å²) in [5, 5.41) is 0. The summed E-state index contributed by atoms with van der Waals surface area (Å²) in [6, 6.07) is 0. The Morgan fingerprint density at radius 3 is 2.20 bits per heavy atom. The number of hydrogen-bond acceptors (Lipinski definition) is 0. The molecule has 0 aromatic carbocycles. The first-order chi connectivity index (χ1) is 7.41. The molecule has 0 aromatic rings. The highest BCUT2D eigenvalue weighted by Crippen LogP contribution is 2.08. The van der Waals surface area contributed by atoms with Gasteiger partial charge in [0.15, 0.2) is 0 Å². The minimum atomic E-state index is 1.02. The van der Waals surface area contributed by atoms with Gasteiger partial charge in [-0.25, -0.2) is 0 Å².